The minimum atomic E-state index is 1.26. The number of hydrogen-bond acceptors (Lipinski definition) is 0. The van der Waals surface area contributed by atoms with E-state index >= 15 is 0 Å². The van der Waals surface area contributed by atoms with Crippen LogP contribution in [-0.2, 0) is 12.8 Å². The summed E-state index contributed by atoms with van der Waals surface area (Å²) in [5.74, 6) is 0. The van der Waals surface area contributed by atoms with Crippen LogP contribution in [0.25, 0.3) is 6.08 Å². The van der Waals surface area contributed by atoms with Crippen LogP contribution >= 0.6 is 0 Å². The second-order valence-electron chi connectivity index (χ2n) is 3.09. The van der Waals surface area contributed by atoms with Gasteiger partial charge in [0.15, 0.2) is 0 Å². The number of benzene rings is 1. The summed E-state index contributed by atoms with van der Waals surface area (Å²) < 4.78 is 0. The normalized spacial score (nSPS) is 14.5. The van der Waals surface area contributed by atoms with E-state index in [2.05, 4.69) is 24.8 Å². The van der Waals surface area contributed by atoms with Crippen molar-refractivity contribution >= 4 is 6.08 Å². The maximum absolute atomic E-state index is 3.76. The summed E-state index contributed by atoms with van der Waals surface area (Å²) in [6.45, 7) is 3.76. The average molecular weight is 144 g/mol. The fourth-order valence-electron chi connectivity index (χ4n) is 1.72. The molecule has 2 rings (SSSR count). The minimum Gasteiger partial charge on any atom is -0.0985 e. The smallest absolute Gasteiger partial charge is 0.0260 e. The Balaban J connectivity index is 2.48. The van der Waals surface area contributed by atoms with Gasteiger partial charge in [-0.25, -0.2) is 0 Å². The number of fused-ring (bicyclic) bond motifs is 1. The van der Waals surface area contributed by atoms with Crippen molar-refractivity contribution in [2.24, 2.45) is 0 Å². The van der Waals surface area contributed by atoms with Gasteiger partial charge in [0.1, 0.15) is 0 Å². The van der Waals surface area contributed by atoms with Gasteiger partial charge in [-0.1, -0.05) is 30.9 Å². The molecule has 0 atom stereocenters. The van der Waals surface area contributed by atoms with E-state index in [0.29, 0.717) is 0 Å². The highest BCUT2D eigenvalue weighted by atomic mass is 14.1. The predicted octanol–water partition coefficient (Wildman–Crippen LogP) is 2.82. The molecule has 1 aromatic carbocycles. The molecule has 0 bridgehead atoms. The Kier molecular flexibility index (Phi) is 1.54. The van der Waals surface area contributed by atoms with E-state index < -0.39 is 0 Å². The Labute approximate surface area is 67.6 Å². The molecule has 0 fully saturated rings. The van der Waals surface area contributed by atoms with Crippen molar-refractivity contribution < 1.29 is 0 Å². The molecule has 1 aromatic rings. The van der Waals surface area contributed by atoms with Gasteiger partial charge < -0.3 is 0 Å². The molecule has 0 spiro atoms. The molecule has 0 saturated heterocycles. The van der Waals surface area contributed by atoms with Gasteiger partial charge in [-0.2, -0.15) is 0 Å². The summed E-state index contributed by atoms with van der Waals surface area (Å²) in [6.07, 6.45) is 5.78. The van der Waals surface area contributed by atoms with E-state index in [-0.39, 0.29) is 0 Å². The zero-order valence-electron chi connectivity index (χ0n) is 6.64. The third-order valence-corrected chi connectivity index (χ3v) is 2.36. The topological polar surface area (TPSA) is 0 Å². The van der Waals surface area contributed by atoms with Crippen LogP contribution in [0.5, 0.6) is 0 Å². The van der Waals surface area contributed by atoms with Crippen molar-refractivity contribution in [2.45, 2.75) is 19.3 Å². The average Bonchev–Trinajstić information content (AvgIpc) is 2.50. The Bertz CT molecular complexity index is 284. The largest absolute Gasteiger partial charge is 0.0985 e. The molecule has 0 radical (unpaired) electrons. The van der Waals surface area contributed by atoms with Crippen LogP contribution < -0.4 is 0 Å². The number of hydrogen-bond donors (Lipinski definition) is 0. The Hall–Kier alpha value is -1.04. The lowest BCUT2D eigenvalue weighted by Gasteiger charge is -1.98. The summed E-state index contributed by atoms with van der Waals surface area (Å²) in [4.78, 5) is 0. The molecule has 0 aromatic heterocycles. The van der Waals surface area contributed by atoms with Crippen molar-refractivity contribution in [1.82, 2.24) is 0 Å². The molecule has 56 valence electrons. The summed E-state index contributed by atoms with van der Waals surface area (Å²) >= 11 is 0. The van der Waals surface area contributed by atoms with Crippen LogP contribution in [0.15, 0.2) is 24.8 Å². The van der Waals surface area contributed by atoms with Crippen LogP contribution in [0.2, 0.25) is 0 Å². The minimum absolute atomic E-state index is 1.26. The summed E-state index contributed by atoms with van der Waals surface area (Å²) in [6, 6.07) is 6.64. The summed E-state index contributed by atoms with van der Waals surface area (Å²) in [7, 11) is 0. The zero-order valence-corrected chi connectivity index (χ0v) is 6.64. The Morgan fingerprint density at radius 3 is 2.82 bits per heavy atom. The molecule has 0 saturated carbocycles. The van der Waals surface area contributed by atoms with Gasteiger partial charge in [0.05, 0.1) is 0 Å². The molecule has 0 heterocycles. The Morgan fingerprint density at radius 1 is 1.18 bits per heavy atom. The second-order valence-corrected chi connectivity index (χ2v) is 3.09. The van der Waals surface area contributed by atoms with Crippen molar-refractivity contribution in [3.05, 3.63) is 41.5 Å². The molecule has 1 aliphatic carbocycles. The molecule has 0 N–H and O–H groups in total. The van der Waals surface area contributed by atoms with Crippen molar-refractivity contribution in [2.75, 3.05) is 0 Å². The van der Waals surface area contributed by atoms with Gasteiger partial charge in [0.25, 0.3) is 0 Å². The van der Waals surface area contributed by atoms with E-state index in [4.69, 9.17) is 0 Å². The third-order valence-electron chi connectivity index (χ3n) is 2.36. The molecule has 1 aliphatic rings. The van der Waals surface area contributed by atoms with Crippen molar-refractivity contribution in [1.29, 1.82) is 0 Å². The van der Waals surface area contributed by atoms with Gasteiger partial charge in [-0.3, -0.25) is 0 Å². The first kappa shape index (κ1) is 6.66. The molecule has 11 heavy (non-hydrogen) atoms. The SMILES string of the molecule is C=Cc1ccc2c(c1)CCC2. The first-order chi connectivity index (χ1) is 5.40. The first-order valence-electron chi connectivity index (χ1n) is 4.14. The highest BCUT2D eigenvalue weighted by Gasteiger charge is 2.09. The first-order valence-corrected chi connectivity index (χ1v) is 4.14. The van der Waals surface area contributed by atoms with Gasteiger partial charge in [-0.05, 0) is 36.0 Å². The molecule has 0 unspecified atom stereocenters. The van der Waals surface area contributed by atoms with Crippen LogP contribution in [0.3, 0.4) is 0 Å². The standard InChI is InChI=1S/C11H12/c1-2-9-6-7-10-4-3-5-11(10)8-9/h2,6-8H,1,3-5H2. The molecule has 0 aliphatic heterocycles. The van der Waals surface area contributed by atoms with E-state index in [9.17, 15) is 0 Å². The fourth-order valence-corrected chi connectivity index (χ4v) is 1.72. The van der Waals surface area contributed by atoms with Gasteiger partial charge in [0.2, 0.25) is 0 Å². The molecule has 0 nitrogen and oxygen atoms in total. The van der Waals surface area contributed by atoms with E-state index in [0.717, 1.165) is 0 Å². The zero-order chi connectivity index (χ0) is 7.68. The lowest BCUT2D eigenvalue weighted by molar-refractivity contribution is 0.912. The third kappa shape index (κ3) is 1.09. The Morgan fingerprint density at radius 2 is 2.00 bits per heavy atom. The van der Waals surface area contributed by atoms with E-state index in [1.807, 2.05) is 6.08 Å². The maximum Gasteiger partial charge on any atom is -0.0260 e. The lowest BCUT2D eigenvalue weighted by Crippen LogP contribution is -1.81. The van der Waals surface area contributed by atoms with Crippen LogP contribution in [0, 0.1) is 0 Å². The van der Waals surface area contributed by atoms with Crippen LogP contribution in [-0.4, -0.2) is 0 Å². The van der Waals surface area contributed by atoms with E-state index in [1.54, 1.807) is 0 Å². The van der Waals surface area contributed by atoms with E-state index in [1.165, 1.54) is 36.0 Å². The summed E-state index contributed by atoms with van der Waals surface area (Å²) in [5.41, 5.74) is 4.32. The maximum atomic E-state index is 3.76. The van der Waals surface area contributed by atoms with Crippen molar-refractivity contribution in [3.8, 4) is 0 Å². The lowest BCUT2D eigenvalue weighted by atomic mass is 10.1. The van der Waals surface area contributed by atoms with Gasteiger partial charge >= 0.3 is 0 Å². The quantitative estimate of drug-likeness (QED) is 0.568. The second kappa shape index (κ2) is 2.54. The monoisotopic (exact) mass is 144 g/mol. The molecular formula is C11H12. The molecular weight excluding hydrogens is 132 g/mol. The molecule has 0 amide bonds. The highest BCUT2D eigenvalue weighted by molar-refractivity contribution is 5.50. The highest BCUT2D eigenvalue weighted by Crippen LogP contribution is 2.22. The number of aryl methyl sites for hydroxylation is 2. The van der Waals surface area contributed by atoms with Crippen LogP contribution in [0.1, 0.15) is 23.1 Å². The predicted molar refractivity (Wildman–Crippen MR) is 48.6 cm³/mol. The van der Waals surface area contributed by atoms with Gasteiger partial charge in [-0.15, -0.1) is 0 Å². The molecule has 0 heteroatoms. The fraction of sp³-hybridized carbons (Fsp3) is 0.273. The summed E-state index contributed by atoms with van der Waals surface area (Å²) in [5, 5.41) is 0. The number of rotatable bonds is 1. The van der Waals surface area contributed by atoms with Crippen molar-refractivity contribution in [3.63, 3.8) is 0 Å². The van der Waals surface area contributed by atoms with Crippen LogP contribution in [0.4, 0.5) is 0 Å². The van der Waals surface area contributed by atoms with Gasteiger partial charge in [0, 0.05) is 0 Å².